The first kappa shape index (κ1) is 26.8. The largest absolute Gasteiger partial charge is 0.369 e. The number of primary amides is 1. The molecule has 0 unspecified atom stereocenters. The molecule has 0 aromatic carbocycles. The lowest BCUT2D eigenvalue weighted by atomic mass is 9.85. The smallest absolute Gasteiger partial charge is 0.223 e. The van der Waals surface area contributed by atoms with E-state index in [0.717, 1.165) is 0 Å². The molecule has 0 fully saturated rings. The van der Waals surface area contributed by atoms with Crippen molar-refractivity contribution in [2.24, 2.45) is 47.0 Å². The SMILES string of the molecule is CC(C)C(C(N)=O)C(C)C.CN.CNC(=O)C(C(C)C)C(C)C. The van der Waals surface area contributed by atoms with Crippen LogP contribution >= 0.6 is 0 Å². The number of carbonyl (C=O) groups excluding carboxylic acids is 2. The van der Waals surface area contributed by atoms with Gasteiger partial charge in [0, 0.05) is 18.9 Å². The zero-order chi connectivity index (χ0) is 19.3. The average molecular weight is 332 g/mol. The quantitative estimate of drug-likeness (QED) is 0.697. The molecular weight excluding hydrogens is 290 g/mol. The van der Waals surface area contributed by atoms with Crippen LogP contribution in [0, 0.1) is 35.5 Å². The van der Waals surface area contributed by atoms with Crippen molar-refractivity contribution in [2.45, 2.75) is 55.4 Å². The molecule has 0 saturated carbocycles. The third-order valence-corrected chi connectivity index (χ3v) is 3.75. The van der Waals surface area contributed by atoms with Gasteiger partial charge in [-0.2, -0.15) is 0 Å². The Morgan fingerprint density at radius 3 is 1.00 bits per heavy atom. The first-order valence-electron chi connectivity index (χ1n) is 8.55. The summed E-state index contributed by atoms with van der Waals surface area (Å²) in [6.45, 7) is 16.4. The van der Waals surface area contributed by atoms with Crippen molar-refractivity contribution in [3.05, 3.63) is 0 Å². The standard InChI is InChI=1S/C9H19NO.C8H17NO.CH5N/c1-6(2)8(7(3)4)9(11)10-5;1-5(2)7(6(3)4)8(9)10;1-2/h6-8H,1-5H3,(H,10,11);5-7H,1-4H3,(H2,9,10);2H2,1H3. The molecule has 0 atom stereocenters. The van der Waals surface area contributed by atoms with Crippen LogP contribution in [-0.2, 0) is 9.59 Å². The third kappa shape index (κ3) is 12.0. The second-order valence-electron chi connectivity index (χ2n) is 7.04. The highest BCUT2D eigenvalue weighted by Crippen LogP contribution is 2.20. The van der Waals surface area contributed by atoms with Gasteiger partial charge in [0.05, 0.1) is 0 Å². The topological polar surface area (TPSA) is 98.2 Å². The Kier molecular flexibility index (Phi) is 16.9. The zero-order valence-electron chi connectivity index (χ0n) is 16.9. The third-order valence-electron chi connectivity index (χ3n) is 3.75. The number of hydrogen-bond acceptors (Lipinski definition) is 3. The van der Waals surface area contributed by atoms with Crippen molar-refractivity contribution >= 4 is 11.8 Å². The summed E-state index contributed by atoms with van der Waals surface area (Å²) in [5, 5.41) is 2.69. The van der Waals surface area contributed by atoms with E-state index in [1.54, 1.807) is 7.05 Å². The number of nitrogens with one attached hydrogen (secondary N) is 1. The van der Waals surface area contributed by atoms with E-state index in [0.29, 0.717) is 23.7 Å². The van der Waals surface area contributed by atoms with Crippen molar-refractivity contribution in [3.63, 3.8) is 0 Å². The Morgan fingerprint density at radius 1 is 0.696 bits per heavy atom. The second-order valence-corrected chi connectivity index (χ2v) is 7.04. The van der Waals surface area contributed by atoms with Gasteiger partial charge in [0.1, 0.15) is 0 Å². The van der Waals surface area contributed by atoms with E-state index in [-0.39, 0.29) is 23.7 Å². The maximum Gasteiger partial charge on any atom is 0.223 e. The van der Waals surface area contributed by atoms with Crippen LogP contribution in [0.25, 0.3) is 0 Å². The van der Waals surface area contributed by atoms with Gasteiger partial charge >= 0.3 is 0 Å². The molecule has 5 N–H and O–H groups in total. The molecule has 0 spiro atoms. The van der Waals surface area contributed by atoms with Crippen molar-refractivity contribution in [3.8, 4) is 0 Å². The Morgan fingerprint density at radius 2 is 0.957 bits per heavy atom. The summed E-state index contributed by atoms with van der Waals surface area (Å²) in [6, 6.07) is 0. The van der Waals surface area contributed by atoms with Crippen LogP contribution in [0.1, 0.15) is 55.4 Å². The van der Waals surface area contributed by atoms with E-state index in [4.69, 9.17) is 5.73 Å². The first-order valence-corrected chi connectivity index (χ1v) is 8.55. The van der Waals surface area contributed by atoms with Crippen LogP contribution in [0.15, 0.2) is 0 Å². The lowest BCUT2D eigenvalue weighted by molar-refractivity contribution is -0.127. The Balaban J connectivity index is -0.000000315. The number of hydrogen-bond donors (Lipinski definition) is 3. The second kappa shape index (κ2) is 14.5. The number of carbonyl (C=O) groups is 2. The lowest BCUT2D eigenvalue weighted by Gasteiger charge is -2.22. The molecule has 5 heteroatoms. The molecule has 2 amide bonds. The van der Waals surface area contributed by atoms with Gasteiger partial charge in [0.2, 0.25) is 11.8 Å². The maximum atomic E-state index is 11.3. The predicted molar refractivity (Wildman–Crippen MR) is 99.7 cm³/mol. The summed E-state index contributed by atoms with van der Waals surface area (Å²) >= 11 is 0. The summed E-state index contributed by atoms with van der Waals surface area (Å²) in [6.07, 6.45) is 0. The zero-order valence-corrected chi connectivity index (χ0v) is 16.9. The average Bonchev–Trinajstić information content (AvgIpc) is 2.39. The Hall–Kier alpha value is -1.10. The highest BCUT2D eigenvalue weighted by Gasteiger charge is 2.24. The molecule has 0 rings (SSSR count). The fourth-order valence-electron chi connectivity index (χ4n) is 2.97. The van der Waals surface area contributed by atoms with Gasteiger partial charge in [0.25, 0.3) is 0 Å². The highest BCUT2D eigenvalue weighted by atomic mass is 16.2. The van der Waals surface area contributed by atoms with Crippen molar-refractivity contribution in [2.75, 3.05) is 14.1 Å². The van der Waals surface area contributed by atoms with E-state index in [2.05, 4.69) is 38.7 Å². The molecule has 0 saturated heterocycles. The normalized spacial score (nSPS) is 10.7. The van der Waals surface area contributed by atoms with Crippen molar-refractivity contribution < 1.29 is 9.59 Å². The molecule has 0 radical (unpaired) electrons. The monoisotopic (exact) mass is 331 g/mol. The van der Waals surface area contributed by atoms with Crippen molar-refractivity contribution in [1.29, 1.82) is 0 Å². The minimum atomic E-state index is -0.176. The Bertz CT molecular complexity index is 297. The van der Waals surface area contributed by atoms with Gasteiger partial charge in [-0.05, 0) is 30.7 Å². The van der Waals surface area contributed by atoms with E-state index in [1.165, 1.54) is 7.05 Å². The minimum Gasteiger partial charge on any atom is -0.369 e. The van der Waals surface area contributed by atoms with Crippen LogP contribution in [0.2, 0.25) is 0 Å². The van der Waals surface area contributed by atoms with Gasteiger partial charge < -0.3 is 16.8 Å². The highest BCUT2D eigenvalue weighted by molar-refractivity contribution is 5.78. The summed E-state index contributed by atoms with van der Waals surface area (Å²) < 4.78 is 0. The first-order chi connectivity index (χ1) is 10.5. The number of rotatable bonds is 6. The van der Waals surface area contributed by atoms with Crippen LogP contribution in [-0.4, -0.2) is 25.9 Å². The fourth-order valence-corrected chi connectivity index (χ4v) is 2.97. The van der Waals surface area contributed by atoms with Gasteiger partial charge in [-0.1, -0.05) is 55.4 Å². The number of nitrogens with two attached hydrogens (primary N) is 2. The van der Waals surface area contributed by atoms with Crippen molar-refractivity contribution in [1.82, 2.24) is 5.32 Å². The summed E-state index contributed by atoms with van der Waals surface area (Å²) in [5.41, 5.74) is 9.70. The van der Waals surface area contributed by atoms with Gasteiger partial charge in [-0.15, -0.1) is 0 Å². The molecule has 0 aliphatic carbocycles. The molecular formula is C18H41N3O2. The minimum absolute atomic E-state index is 0.0278. The molecule has 23 heavy (non-hydrogen) atoms. The molecule has 0 aliphatic rings. The molecule has 140 valence electrons. The predicted octanol–water partition coefficient (Wildman–Crippen LogP) is 2.64. The summed E-state index contributed by atoms with van der Waals surface area (Å²) in [4.78, 5) is 22.1. The van der Waals surface area contributed by atoms with E-state index in [9.17, 15) is 9.59 Å². The van der Waals surface area contributed by atoms with Crippen LogP contribution in [0.3, 0.4) is 0 Å². The molecule has 0 heterocycles. The van der Waals surface area contributed by atoms with Crippen LogP contribution in [0.4, 0.5) is 0 Å². The van der Waals surface area contributed by atoms with Gasteiger partial charge in [-0.3, -0.25) is 9.59 Å². The van der Waals surface area contributed by atoms with E-state index < -0.39 is 0 Å². The van der Waals surface area contributed by atoms with Gasteiger partial charge in [-0.25, -0.2) is 0 Å². The summed E-state index contributed by atoms with van der Waals surface area (Å²) in [7, 11) is 3.19. The van der Waals surface area contributed by atoms with Crippen LogP contribution in [0.5, 0.6) is 0 Å². The number of amides is 2. The lowest BCUT2D eigenvalue weighted by Crippen LogP contribution is -2.34. The van der Waals surface area contributed by atoms with E-state index in [1.807, 2.05) is 27.7 Å². The Labute approximate surface area is 144 Å². The molecule has 0 aliphatic heterocycles. The van der Waals surface area contributed by atoms with Gasteiger partial charge in [0.15, 0.2) is 0 Å². The summed E-state index contributed by atoms with van der Waals surface area (Å²) in [5.74, 6) is 1.74. The van der Waals surface area contributed by atoms with Crippen LogP contribution < -0.4 is 16.8 Å². The molecule has 0 bridgehead atoms. The fraction of sp³-hybridized carbons (Fsp3) is 0.889. The molecule has 5 nitrogen and oxygen atoms in total. The molecule has 0 aromatic rings. The van der Waals surface area contributed by atoms with E-state index >= 15 is 0 Å². The molecule has 0 aromatic heterocycles. The maximum absolute atomic E-state index is 11.3.